The van der Waals surface area contributed by atoms with Crippen LogP contribution in [0.4, 0.5) is 17.1 Å². The predicted molar refractivity (Wildman–Crippen MR) is 159 cm³/mol. The van der Waals surface area contributed by atoms with Gasteiger partial charge < -0.3 is 5.32 Å². The fourth-order valence-electron chi connectivity index (χ4n) is 3.71. The van der Waals surface area contributed by atoms with Crippen LogP contribution in [0.15, 0.2) is 66.2 Å². The lowest BCUT2D eigenvalue weighted by Crippen LogP contribution is -2.57. The van der Waals surface area contributed by atoms with Gasteiger partial charge in [0.2, 0.25) is 0 Å². The number of hydrogen-bond donors (Lipinski definition) is 1. The molecule has 0 aliphatic carbocycles. The first kappa shape index (κ1) is 24.8. The number of carbonyl (C=O) groups is 2. The quantitative estimate of drug-likeness (QED) is 0.151. The third-order valence-electron chi connectivity index (χ3n) is 5.64. The van der Waals surface area contributed by atoms with E-state index in [1.165, 1.54) is 9.80 Å². The molecular weight excluding hydrogens is 672 g/mol. The van der Waals surface area contributed by atoms with Crippen LogP contribution in [0, 0.1) is 21.0 Å². The summed E-state index contributed by atoms with van der Waals surface area (Å²) in [6, 6.07) is 18.8. The molecule has 0 aromatic heterocycles. The van der Waals surface area contributed by atoms with E-state index in [1.807, 2.05) is 81.6 Å². The van der Waals surface area contributed by atoms with Gasteiger partial charge in [-0.15, -0.1) is 0 Å². The Balaban J connectivity index is 1.89. The lowest BCUT2D eigenvalue weighted by atomic mass is 10.0. The summed E-state index contributed by atoms with van der Waals surface area (Å²) in [6.07, 6.45) is 1.65. The van der Waals surface area contributed by atoms with Gasteiger partial charge in [0.1, 0.15) is 5.57 Å². The van der Waals surface area contributed by atoms with Gasteiger partial charge in [0, 0.05) is 14.2 Å². The van der Waals surface area contributed by atoms with Crippen LogP contribution in [0.1, 0.15) is 16.7 Å². The number of thiocarbonyl (C=S) groups is 1. The highest BCUT2D eigenvalue weighted by Gasteiger charge is 2.41. The number of halogens is 2. The van der Waals surface area contributed by atoms with Gasteiger partial charge in [0.25, 0.3) is 11.8 Å². The van der Waals surface area contributed by atoms with Gasteiger partial charge in [0.05, 0.1) is 17.1 Å². The summed E-state index contributed by atoms with van der Waals surface area (Å²) in [5.74, 6) is -0.878. The molecule has 1 saturated heterocycles. The van der Waals surface area contributed by atoms with Crippen molar-refractivity contribution >= 4 is 97.5 Å². The van der Waals surface area contributed by atoms with Crippen LogP contribution in [0.2, 0.25) is 0 Å². The van der Waals surface area contributed by atoms with Crippen molar-refractivity contribution in [3.63, 3.8) is 0 Å². The molecule has 0 spiro atoms. The molecule has 0 saturated carbocycles. The lowest BCUT2D eigenvalue weighted by Gasteiger charge is -2.36. The topological polar surface area (TPSA) is 52.7 Å². The Morgan fingerprint density at radius 3 is 1.97 bits per heavy atom. The number of amides is 2. The van der Waals surface area contributed by atoms with E-state index < -0.39 is 11.8 Å². The summed E-state index contributed by atoms with van der Waals surface area (Å²) in [5, 5.41) is 3.32. The molecule has 0 unspecified atom stereocenters. The molecule has 1 fully saturated rings. The highest BCUT2D eigenvalue weighted by molar-refractivity contribution is 14.1. The van der Waals surface area contributed by atoms with Crippen LogP contribution in [0.3, 0.4) is 0 Å². The minimum Gasteiger partial charge on any atom is -0.386 e. The molecule has 0 atom stereocenters. The molecule has 0 radical (unpaired) electrons. The zero-order valence-corrected chi connectivity index (χ0v) is 23.9. The van der Waals surface area contributed by atoms with Crippen LogP contribution in [-0.2, 0) is 9.59 Å². The third kappa shape index (κ3) is 4.63. The van der Waals surface area contributed by atoms with Crippen molar-refractivity contribution in [1.82, 2.24) is 0 Å². The van der Waals surface area contributed by atoms with Crippen LogP contribution >= 0.6 is 57.4 Å². The Morgan fingerprint density at radius 2 is 1.41 bits per heavy atom. The van der Waals surface area contributed by atoms with Gasteiger partial charge in [-0.25, -0.2) is 0 Å². The number of aryl methyl sites for hydroxylation is 2. The fraction of sp³-hybridized carbons (Fsp3) is 0.115. The van der Waals surface area contributed by atoms with Crippen molar-refractivity contribution in [3.05, 3.63) is 90.1 Å². The summed E-state index contributed by atoms with van der Waals surface area (Å²) in [7, 11) is 1.87. The summed E-state index contributed by atoms with van der Waals surface area (Å²) in [6.45, 7) is 4.00. The lowest BCUT2D eigenvalue weighted by molar-refractivity contribution is -0.120. The highest BCUT2D eigenvalue weighted by atomic mass is 127. The number of benzene rings is 3. The van der Waals surface area contributed by atoms with E-state index in [0.717, 1.165) is 29.5 Å². The normalized spacial score (nSPS) is 15.3. The smallest absolute Gasteiger partial charge is 0.270 e. The first-order valence-electron chi connectivity index (χ1n) is 10.5. The summed E-state index contributed by atoms with van der Waals surface area (Å²) < 4.78 is 1.99. The average molecular weight is 693 g/mol. The number of hydrogen-bond acceptors (Lipinski definition) is 4. The Bertz CT molecular complexity index is 1330. The molecule has 1 aliphatic rings. The number of anilines is 3. The van der Waals surface area contributed by atoms with E-state index in [9.17, 15) is 9.59 Å². The maximum atomic E-state index is 13.7. The van der Waals surface area contributed by atoms with Crippen LogP contribution in [0.25, 0.3) is 6.08 Å². The van der Waals surface area contributed by atoms with Gasteiger partial charge >= 0.3 is 0 Å². The van der Waals surface area contributed by atoms with E-state index >= 15 is 0 Å². The molecule has 4 rings (SSSR count). The van der Waals surface area contributed by atoms with Gasteiger partial charge in [-0.3, -0.25) is 19.4 Å². The fourth-order valence-corrected chi connectivity index (χ4v) is 6.44. The second-order valence-electron chi connectivity index (χ2n) is 7.84. The molecule has 5 nitrogen and oxygen atoms in total. The number of carbonyl (C=O) groups excluding carboxylic acids is 2. The maximum Gasteiger partial charge on any atom is 0.270 e. The molecule has 172 valence electrons. The monoisotopic (exact) mass is 693 g/mol. The average Bonchev–Trinajstić information content (AvgIpc) is 2.80. The molecule has 8 heteroatoms. The van der Waals surface area contributed by atoms with Gasteiger partial charge in [-0.05, 0) is 130 Å². The molecule has 0 bridgehead atoms. The molecule has 3 aromatic rings. The molecule has 1 aliphatic heterocycles. The first-order chi connectivity index (χ1) is 16.2. The van der Waals surface area contributed by atoms with Crippen molar-refractivity contribution in [3.8, 4) is 0 Å². The molecule has 1 heterocycles. The van der Waals surface area contributed by atoms with Crippen molar-refractivity contribution in [2.24, 2.45) is 0 Å². The third-order valence-corrected chi connectivity index (χ3v) is 7.70. The van der Waals surface area contributed by atoms with Gasteiger partial charge in [-0.2, -0.15) is 0 Å². The Kier molecular flexibility index (Phi) is 7.39. The first-order valence-corrected chi connectivity index (χ1v) is 13.0. The van der Waals surface area contributed by atoms with E-state index in [2.05, 4.69) is 50.5 Å². The number of nitrogens with one attached hydrogen (secondary N) is 1. The van der Waals surface area contributed by atoms with Crippen LogP contribution in [0.5, 0.6) is 0 Å². The number of para-hydroxylation sites is 1. The summed E-state index contributed by atoms with van der Waals surface area (Å²) in [5.41, 5.74) is 5.22. The van der Waals surface area contributed by atoms with E-state index in [4.69, 9.17) is 12.2 Å². The minimum atomic E-state index is -0.441. The second kappa shape index (κ2) is 10.1. The predicted octanol–water partition coefficient (Wildman–Crippen LogP) is 6.30. The van der Waals surface area contributed by atoms with Crippen LogP contribution in [-0.4, -0.2) is 24.0 Å². The Labute approximate surface area is 231 Å². The van der Waals surface area contributed by atoms with Crippen molar-refractivity contribution in [2.75, 3.05) is 22.2 Å². The second-order valence-corrected chi connectivity index (χ2v) is 10.5. The largest absolute Gasteiger partial charge is 0.386 e. The maximum absolute atomic E-state index is 13.7. The number of rotatable bonds is 4. The standard InChI is InChI=1S/C26H21I2N3O2S/c1-15-9-10-19(11-16(15)2)31-25(33)20(12-17-13-21(27)23(29-3)22(28)14-17)24(32)30(26(31)34)18-7-5-4-6-8-18/h4-14,29H,1-3H3/b20-12-. The molecule has 34 heavy (non-hydrogen) atoms. The number of nitrogens with zero attached hydrogens (tertiary/aromatic N) is 2. The Hall–Kier alpha value is -2.31. The van der Waals surface area contributed by atoms with Crippen LogP contribution < -0.4 is 15.1 Å². The zero-order chi connectivity index (χ0) is 24.6. The van der Waals surface area contributed by atoms with Gasteiger partial charge in [0.15, 0.2) is 5.11 Å². The molecule has 2 amide bonds. The van der Waals surface area contributed by atoms with E-state index in [1.54, 1.807) is 6.08 Å². The summed E-state index contributed by atoms with van der Waals surface area (Å²) in [4.78, 5) is 30.2. The van der Waals surface area contributed by atoms with Crippen molar-refractivity contribution in [2.45, 2.75) is 13.8 Å². The minimum absolute atomic E-state index is 0.0551. The van der Waals surface area contributed by atoms with Gasteiger partial charge in [-0.1, -0.05) is 24.3 Å². The molecule has 1 N–H and O–H groups in total. The molecule has 3 aromatic carbocycles. The summed E-state index contributed by atoms with van der Waals surface area (Å²) >= 11 is 10.2. The highest BCUT2D eigenvalue weighted by Crippen LogP contribution is 2.32. The van der Waals surface area contributed by atoms with E-state index in [-0.39, 0.29) is 10.7 Å². The van der Waals surface area contributed by atoms with Crippen molar-refractivity contribution in [1.29, 1.82) is 0 Å². The van der Waals surface area contributed by atoms with E-state index in [0.29, 0.717) is 11.4 Å². The Morgan fingerprint density at radius 1 is 0.824 bits per heavy atom. The SMILES string of the molecule is CNc1c(I)cc(/C=C2/C(=O)N(c3ccccc3)C(=S)N(c3ccc(C)c(C)c3)C2=O)cc1I. The zero-order valence-electron chi connectivity index (χ0n) is 18.7. The molecular formula is C26H21I2N3O2S. The van der Waals surface area contributed by atoms with Crippen molar-refractivity contribution < 1.29 is 9.59 Å².